The van der Waals surface area contributed by atoms with E-state index in [1.165, 1.54) is 7.11 Å². The number of carbonyl (C=O) groups is 3. The third-order valence-electron chi connectivity index (χ3n) is 6.65. The Bertz CT molecular complexity index is 587. The molecule has 3 aliphatic rings. The van der Waals surface area contributed by atoms with Gasteiger partial charge in [0.1, 0.15) is 12.2 Å². The molecule has 6 nitrogen and oxygen atoms in total. The van der Waals surface area contributed by atoms with Gasteiger partial charge in [-0.15, -0.1) is 0 Å². The Balaban J connectivity index is 1.84. The number of rotatable bonds is 3. The van der Waals surface area contributed by atoms with Gasteiger partial charge in [-0.3, -0.25) is 14.4 Å². The summed E-state index contributed by atoms with van der Waals surface area (Å²) in [6.45, 7) is 9.65. The van der Waals surface area contributed by atoms with Gasteiger partial charge in [0.15, 0.2) is 0 Å². The van der Waals surface area contributed by atoms with Gasteiger partial charge in [0.25, 0.3) is 0 Å². The van der Waals surface area contributed by atoms with Crippen molar-refractivity contribution in [2.45, 2.75) is 53.2 Å². The van der Waals surface area contributed by atoms with Gasteiger partial charge < -0.3 is 14.2 Å². The van der Waals surface area contributed by atoms with Gasteiger partial charge in [-0.05, 0) is 25.7 Å². The molecule has 0 N–H and O–H groups in total. The molecule has 0 aromatic rings. The number of hydrogen-bond donors (Lipinski definition) is 0. The number of ether oxygens (including phenoxy) is 3. The van der Waals surface area contributed by atoms with E-state index in [2.05, 4.69) is 0 Å². The molecule has 6 unspecified atom stereocenters. The molecule has 1 aliphatic heterocycles. The van der Waals surface area contributed by atoms with Crippen LogP contribution in [0.25, 0.3) is 0 Å². The average molecular weight is 338 g/mol. The zero-order valence-electron chi connectivity index (χ0n) is 15.1. The number of esters is 3. The highest BCUT2D eigenvalue weighted by atomic mass is 16.6. The second kappa shape index (κ2) is 5.20. The third kappa shape index (κ3) is 2.18. The monoisotopic (exact) mass is 338 g/mol. The Hall–Kier alpha value is -1.59. The maximum Gasteiger partial charge on any atom is 0.312 e. The van der Waals surface area contributed by atoms with E-state index in [0.717, 1.165) is 0 Å². The first kappa shape index (κ1) is 17.2. The normalized spacial score (nSPS) is 37.3. The molecule has 6 heteroatoms. The van der Waals surface area contributed by atoms with Crippen LogP contribution >= 0.6 is 0 Å². The van der Waals surface area contributed by atoms with Gasteiger partial charge in [0.2, 0.25) is 0 Å². The molecule has 134 valence electrons. The van der Waals surface area contributed by atoms with E-state index in [-0.39, 0.29) is 29.2 Å². The van der Waals surface area contributed by atoms with Crippen molar-refractivity contribution in [3.8, 4) is 0 Å². The highest BCUT2D eigenvalue weighted by Gasteiger charge is 2.70. The van der Waals surface area contributed by atoms with Crippen LogP contribution in [0.1, 0.15) is 41.0 Å². The van der Waals surface area contributed by atoms with Crippen LogP contribution in [0.2, 0.25) is 0 Å². The fourth-order valence-corrected chi connectivity index (χ4v) is 4.18. The van der Waals surface area contributed by atoms with E-state index < -0.39 is 35.4 Å². The summed E-state index contributed by atoms with van der Waals surface area (Å²) in [5, 5.41) is 0. The molecule has 1 saturated heterocycles. The Morgan fingerprint density at radius 2 is 1.75 bits per heavy atom. The summed E-state index contributed by atoms with van der Waals surface area (Å²) in [7, 11) is 1.32. The van der Waals surface area contributed by atoms with E-state index >= 15 is 0 Å². The van der Waals surface area contributed by atoms with Crippen LogP contribution in [0.5, 0.6) is 0 Å². The fraction of sp³-hybridized carbons (Fsp3) is 0.833. The second-order valence-electron chi connectivity index (χ2n) is 8.78. The number of methoxy groups -OCH3 is 1. The van der Waals surface area contributed by atoms with Crippen LogP contribution in [0, 0.1) is 34.5 Å². The van der Waals surface area contributed by atoms with Crippen molar-refractivity contribution in [3.05, 3.63) is 0 Å². The predicted molar refractivity (Wildman–Crippen MR) is 83.6 cm³/mol. The van der Waals surface area contributed by atoms with Crippen molar-refractivity contribution in [1.82, 2.24) is 0 Å². The molecule has 6 atom stereocenters. The minimum atomic E-state index is -0.697. The topological polar surface area (TPSA) is 78.9 Å². The molecule has 2 saturated carbocycles. The van der Waals surface area contributed by atoms with E-state index in [9.17, 15) is 14.4 Å². The molecule has 2 bridgehead atoms. The first-order chi connectivity index (χ1) is 11.0. The van der Waals surface area contributed by atoms with Crippen molar-refractivity contribution in [2.24, 2.45) is 34.5 Å². The van der Waals surface area contributed by atoms with Crippen molar-refractivity contribution in [2.75, 3.05) is 7.11 Å². The summed E-state index contributed by atoms with van der Waals surface area (Å²) in [6, 6.07) is 0. The van der Waals surface area contributed by atoms with E-state index in [0.29, 0.717) is 6.42 Å². The van der Waals surface area contributed by atoms with Gasteiger partial charge in [-0.25, -0.2) is 0 Å². The van der Waals surface area contributed by atoms with Gasteiger partial charge in [0.05, 0.1) is 24.4 Å². The maximum absolute atomic E-state index is 12.8. The van der Waals surface area contributed by atoms with Gasteiger partial charge in [-0.2, -0.15) is 0 Å². The molecule has 0 amide bonds. The van der Waals surface area contributed by atoms with Gasteiger partial charge in [0, 0.05) is 11.8 Å². The quantitative estimate of drug-likeness (QED) is 0.578. The van der Waals surface area contributed by atoms with E-state index in [1.807, 2.05) is 34.6 Å². The van der Waals surface area contributed by atoms with Gasteiger partial charge >= 0.3 is 17.9 Å². The second-order valence-corrected chi connectivity index (χ2v) is 8.78. The maximum atomic E-state index is 12.8. The molecule has 0 radical (unpaired) electrons. The lowest BCUT2D eigenvalue weighted by atomic mass is 9.69. The summed E-state index contributed by atoms with van der Waals surface area (Å²) in [5.74, 6) is -2.38. The van der Waals surface area contributed by atoms with Crippen LogP contribution in [-0.2, 0) is 28.6 Å². The minimum absolute atomic E-state index is 0.0536. The molecule has 3 fully saturated rings. The summed E-state index contributed by atoms with van der Waals surface area (Å²) in [6.07, 6.45) is -0.321. The highest BCUT2D eigenvalue weighted by Crippen LogP contribution is 2.59. The summed E-state index contributed by atoms with van der Waals surface area (Å²) in [4.78, 5) is 37.1. The molecular weight excluding hydrogens is 312 g/mol. The largest absolute Gasteiger partial charge is 0.469 e. The van der Waals surface area contributed by atoms with Crippen molar-refractivity contribution in [1.29, 1.82) is 0 Å². The summed E-state index contributed by atoms with van der Waals surface area (Å²) < 4.78 is 16.1. The average Bonchev–Trinajstić information content (AvgIpc) is 3.08. The first-order valence-corrected chi connectivity index (χ1v) is 8.50. The molecule has 0 aromatic heterocycles. The highest BCUT2D eigenvalue weighted by molar-refractivity contribution is 5.86. The van der Waals surface area contributed by atoms with E-state index in [4.69, 9.17) is 14.2 Å². The minimum Gasteiger partial charge on any atom is -0.469 e. The smallest absolute Gasteiger partial charge is 0.312 e. The Labute approximate surface area is 142 Å². The summed E-state index contributed by atoms with van der Waals surface area (Å²) in [5.41, 5.74) is -0.976. The fourth-order valence-electron chi connectivity index (χ4n) is 4.18. The molecule has 3 rings (SSSR count). The SMILES string of the molecule is COC(=O)C1C2CC3C(OC(=O)C31)C2OC(=O)C(C)(C)C(C)(C)C. The van der Waals surface area contributed by atoms with Crippen LogP contribution in [0.4, 0.5) is 0 Å². The van der Waals surface area contributed by atoms with Crippen LogP contribution in [0.15, 0.2) is 0 Å². The standard InChI is InChI=1S/C18H26O6/c1-17(2,3)18(4,5)16(21)24-13-8-7-9-11(10(8)14(19)22-6)15(20)23-12(9)13/h8-13H,7H2,1-6H3. The first-order valence-electron chi connectivity index (χ1n) is 8.50. The molecule has 0 spiro atoms. The molecule has 2 aliphatic carbocycles. The number of carbonyl (C=O) groups excluding carboxylic acids is 3. The van der Waals surface area contributed by atoms with Crippen molar-refractivity contribution in [3.63, 3.8) is 0 Å². The lowest BCUT2D eigenvalue weighted by molar-refractivity contribution is -0.178. The Morgan fingerprint density at radius 3 is 2.29 bits per heavy atom. The molecule has 1 heterocycles. The van der Waals surface area contributed by atoms with Crippen LogP contribution in [-0.4, -0.2) is 37.2 Å². The Kier molecular flexibility index (Phi) is 3.74. The van der Waals surface area contributed by atoms with Crippen LogP contribution in [0.3, 0.4) is 0 Å². The Morgan fingerprint density at radius 1 is 1.12 bits per heavy atom. The van der Waals surface area contributed by atoms with Crippen molar-refractivity contribution < 1.29 is 28.6 Å². The zero-order valence-corrected chi connectivity index (χ0v) is 15.1. The number of fused-ring (bicyclic) bond motifs is 1. The lowest BCUT2D eigenvalue weighted by Gasteiger charge is -2.39. The molecule has 0 aromatic carbocycles. The number of hydrogen-bond acceptors (Lipinski definition) is 6. The van der Waals surface area contributed by atoms with Gasteiger partial charge in [-0.1, -0.05) is 20.8 Å². The van der Waals surface area contributed by atoms with Crippen LogP contribution < -0.4 is 0 Å². The third-order valence-corrected chi connectivity index (χ3v) is 6.65. The van der Waals surface area contributed by atoms with E-state index in [1.54, 1.807) is 0 Å². The summed E-state index contributed by atoms with van der Waals surface area (Å²) >= 11 is 0. The lowest BCUT2D eigenvalue weighted by Crippen LogP contribution is -2.47. The van der Waals surface area contributed by atoms with Crippen molar-refractivity contribution >= 4 is 17.9 Å². The molecule has 24 heavy (non-hydrogen) atoms. The molecular formula is C18H26O6. The predicted octanol–water partition coefficient (Wildman–Crippen LogP) is 1.95. The zero-order chi connectivity index (χ0) is 18.0.